The zero-order valence-electron chi connectivity index (χ0n) is 11.5. The molecule has 0 unspecified atom stereocenters. The Morgan fingerprint density at radius 3 is 2.80 bits per heavy atom. The van der Waals surface area contributed by atoms with E-state index in [0.717, 1.165) is 35.6 Å². The summed E-state index contributed by atoms with van der Waals surface area (Å²) in [6, 6.07) is 6.29. The van der Waals surface area contributed by atoms with Crippen LogP contribution >= 0.6 is 11.6 Å². The van der Waals surface area contributed by atoms with Crippen LogP contribution in [0.2, 0.25) is 0 Å². The maximum atomic E-state index is 6.02. The molecule has 3 rings (SSSR count). The van der Waals surface area contributed by atoms with Gasteiger partial charge in [-0.05, 0) is 24.6 Å². The van der Waals surface area contributed by atoms with Crippen molar-refractivity contribution in [2.45, 2.75) is 25.8 Å². The van der Waals surface area contributed by atoms with Gasteiger partial charge in [0.05, 0.1) is 16.9 Å². The Morgan fingerprint density at radius 1 is 1.25 bits per heavy atom. The first-order valence-electron chi connectivity index (χ1n) is 6.53. The summed E-state index contributed by atoms with van der Waals surface area (Å²) in [5.74, 6) is 2.26. The highest BCUT2D eigenvalue weighted by Gasteiger charge is 2.11. The Labute approximate surface area is 122 Å². The van der Waals surface area contributed by atoms with Crippen molar-refractivity contribution >= 4 is 22.6 Å². The second kappa shape index (κ2) is 5.25. The van der Waals surface area contributed by atoms with Crippen LogP contribution in [0.25, 0.3) is 11.0 Å². The van der Waals surface area contributed by atoms with Gasteiger partial charge in [0.1, 0.15) is 18.0 Å². The summed E-state index contributed by atoms with van der Waals surface area (Å²) in [4.78, 5) is 4.60. The monoisotopic (exact) mass is 289 g/mol. The second-order valence-corrected chi connectivity index (χ2v) is 5.18. The SMILES string of the molecule is Cc1ccc2c(c1)nc(CCl)n2CCc1nncn1C. The molecule has 3 aromatic rings. The van der Waals surface area contributed by atoms with Crippen molar-refractivity contribution in [1.29, 1.82) is 0 Å². The van der Waals surface area contributed by atoms with Crippen LogP contribution in [0.15, 0.2) is 24.5 Å². The van der Waals surface area contributed by atoms with Crippen molar-refractivity contribution in [1.82, 2.24) is 24.3 Å². The lowest BCUT2D eigenvalue weighted by Gasteiger charge is -2.07. The number of hydrogen-bond donors (Lipinski definition) is 0. The van der Waals surface area contributed by atoms with E-state index in [1.807, 2.05) is 11.6 Å². The van der Waals surface area contributed by atoms with Crippen LogP contribution in [0.1, 0.15) is 17.2 Å². The van der Waals surface area contributed by atoms with E-state index in [1.165, 1.54) is 5.56 Å². The number of hydrogen-bond acceptors (Lipinski definition) is 3. The normalized spacial score (nSPS) is 11.3. The van der Waals surface area contributed by atoms with E-state index in [-0.39, 0.29) is 0 Å². The zero-order chi connectivity index (χ0) is 14.1. The molecule has 6 heteroatoms. The first-order valence-corrected chi connectivity index (χ1v) is 7.07. The van der Waals surface area contributed by atoms with Gasteiger partial charge >= 0.3 is 0 Å². The maximum Gasteiger partial charge on any atom is 0.134 e. The number of fused-ring (bicyclic) bond motifs is 1. The van der Waals surface area contributed by atoms with E-state index >= 15 is 0 Å². The number of imidazole rings is 1. The fourth-order valence-corrected chi connectivity index (χ4v) is 2.59. The average Bonchev–Trinajstić information content (AvgIpc) is 2.99. The van der Waals surface area contributed by atoms with Crippen LogP contribution in [0.4, 0.5) is 0 Å². The van der Waals surface area contributed by atoms with Gasteiger partial charge in [0.25, 0.3) is 0 Å². The van der Waals surface area contributed by atoms with Crippen LogP contribution in [-0.4, -0.2) is 24.3 Å². The van der Waals surface area contributed by atoms with Gasteiger partial charge in [-0.15, -0.1) is 21.8 Å². The number of aromatic nitrogens is 5. The summed E-state index contributed by atoms with van der Waals surface area (Å²) in [5.41, 5.74) is 3.32. The minimum absolute atomic E-state index is 0.409. The Morgan fingerprint density at radius 2 is 2.10 bits per heavy atom. The summed E-state index contributed by atoms with van der Waals surface area (Å²) in [7, 11) is 1.95. The van der Waals surface area contributed by atoms with Crippen LogP contribution in [0.3, 0.4) is 0 Å². The lowest BCUT2D eigenvalue weighted by Crippen LogP contribution is -2.08. The van der Waals surface area contributed by atoms with Crippen LogP contribution < -0.4 is 0 Å². The molecule has 0 aliphatic heterocycles. The van der Waals surface area contributed by atoms with Crippen LogP contribution in [0.5, 0.6) is 0 Å². The van der Waals surface area contributed by atoms with Crippen molar-refractivity contribution in [3.05, 3.63) is 41.7 Å². The first kappa shape index (κ1) is 13.1. The molecular weight excluding hydrogens is 274 g/mol. The van der Waals surface area contributed by atoms with Gasteiger partial charge in [-0.25, -0.2) is 4.98 Å². The third-order valence-electron chi connectivity index (χ3n) is 3.47. The van der Waals surface area contributed by atoms with Crippen molar-refractivity contribution < 1.29 is 0 Å². The molecule has 0 bridgehead atoms. The number of rotatable bonds is 4. The largest absolute Gasteiger partial charge is 0.327 e. The molecular formula is C14H16ClN5. The molecule has 5 nitrogen and oxygen atoms in total. The van der Waals surface area contributed by atoms with E-state index in [4.69, 9.17) is 11.6 Å². The molecule has 0 N–H and O–H groups in total. The molecule has 2 heterocycles. The molecule has 0 amide bonds. The number of aryl methyl sites for hydroxylation is 4. The van der Waals surface area contributed by atoms with Gasteiger partial charge < -0.3 is 9.13 Å². The highest BCUT2D eigenvalue weighted by Crippen LogP contribution is 2.19. The molecule has 0 radical (unpaired) electrons. The van der Waals surface area contributed by atoms with Gasteiger partial charge in [-0.3, -0.25) is 0 Å². The van der Waals surface area contributed by atoms with Gasteiger partial charge in [-0.1, -0.05) is 6.07 Å². The molecule has 0 spiro atoms. The minimum Gasteiger partial charge on any atom is -0.327 e. The quantitative estimate of drug-likeness (QED) is 0.693. The fraction of sp³-hybridized carbons (Fsp3) is 0.357. The Kier molecular flexibility index (Phi) is 3.44. The Balaban J connectivity index is 1.95. The summed E-state index contributed by atoms with van der Waals surface area (Å²) in [6.45, 7) is 2.87. The van der Waals surface area contributed by atoms with Crippen LogP contribution in [0, 0.1) is 6.92 Å². The van der Waals surface area contributed by atoms with E-state index in [0.29, 0.717) is 5.88 Å². The number of benzene rings is 1. The Hall–Kier alpha value is -1.88. The summed E-state index contributed by atoms with van der Waals surface area (Å²) in [6.07, 6.45) is 2.52. The zero-order valence-corrected chi connectivity index (χ0v) is 12.3. The third-order valence-corrected chi connectivity index (χ3v) is 3.71. The molecule has 1 aromatic carbocycles. The van der Waals surface area contributed by atoms with Gasteiger partial charge in [0, 0.05) is 20.0 Å². The molecule has 0 atom stereocenters. The fourth-order valence-electron chi connectivity index (χ4n) is 2.39. The third kappa shape index (κ3) is 2.29. The predicted molar refractivity (Wildman–Crippen MR) is 78.7 cm³/mol. The van der Waals surface area contributed by atoms with Crippen molar-refractivity contribution in [2.24, 2.45) is 7.05 Å². The summed E-state index contributed by atoms with van der Waals surface area (Å²) >= 11 is 6.02. The molecule has 104 valence electrons. The Bertz CT molecular complexity index is 743. The molecule has 0 fully saturated rings. The highest BCUT2D eigenvalue weighted by atomic mass is 35.5. The van der Waals surface area contributed by atoms with Crippen molar-refractivity contribution in [3.8, 4) is 0 Å². The van der Waals surface area contributed by atoms with Gasteiger partial charge in [0.15, 0.2) is 0 Å². The van der Waals surface area contributed by atoms with E-state index in [9.17, 15) is 0 Å². The van der Waals surface area contributed by atoms with Crippen LogP contribution in [-0.2, 0) is 25.9 Å². The van der Waals surface area contributed by atoms with E-state index < -0.39 is 0 Å². The molecule has 0 saturated heterocycles. The smallest absolute Gasteiger partial charge is 0.134 e. The number of halogens is 1. The van der Waals surface area contributed by atoms with E-state index in [2.05, 4.69) is 44.9 Å². The predicted octanol–water partition coefficient (Wildman–Crippen LogP) is 2.45. The lowest BCUT2D eigenvalue weighted by atomic mass is 10.2. The number of nitrogens with zero attached hydrogens (tertiary/aromatic N) is 5. The van der Waals surface area contributed by atoms with Crippen molar-refractivity contribution in [2.75, 3.05) is 0 Å². The minimum atomic E-state index is 0.409. The molecule has 0 aliphatic rings. The molecule has 0 aliphatic carbocycles. The number of alkyl halides is 1. The second-order valence-electron chi connectivity index (χ2n) is 4.91. The molecule has 0 saturated carbocycles. The average molecular weight is 290 g/mol. The van der Waals surface area contributed by atoms with Crippen molar-refractivity contribution in [3.63, 3.8) is 0 Å². The summed E-state index contributed by atoms with van der Waals surface area (Å²) < 4.78 is 4.10. The van der Waals surface area contributed by atoms with E-state index in [1.54, 1.807) is 6.33 Å². The topological polar surface area (TPSA) is 48.5 Å². The maximum absolute atomic E-state index is 6.02. The lowest BCUT2D eigenvalue weighted by molar-refractivity contribution is 0.645. The summed E-state index contributed by atoms with van der Waals surface area (Å²) in [5, 5.41) is 8.01. The van der Waals surface area contributed by atoms with Gasteiger partial charge in [0.2, 0.25) is 0 Å². The molecule has 2 aromatic heterocycles. The highest BCUT2D eigenvalue weighted by molar-refractivity contribution is 6.16. The standard InChI is InChI=1S/C14H16ClN5/c1-10-3-4-12-11(7-10)17-14(8-15)20(12)6-5-13-18-16-9-19(13)2/h3-4,7,9H,5-6,8H2,1-2H3. The molecule has 20 heavy (non-hydrogen) atoms. The first-order chi connectivity index (χ1) is 9.69. The van der Waals surface area contributed by atoms with Gasteiger partial charge in [-0.2, -0.15) is 0 Å².